The second-order valence-electron chi connectivity index (χ2n) is 21.2. The van der Waals surface area contributed by atoms with Gasteiger partial charge in [-0.15, -0.1) is 0 Å². The highest BCUT2D eigenvalue weighted by Gasteiger charge is 2.67. The fourth-order valence-electron chi connectivity index (χ4n) is 13.4. The molecule has 7 aliphatic heterocycles. The molecule has 1 N–H and O–H groups in total. The molecule has 65 heavy (non-hydrogen) atoms. The number of fused-ring (bicyclic) bond motifs is 6. The summed E-state index contributed by atoms with van der Waals surface area (Å²) in [5, 5.41) is 9.24. The lowest BCUT2D eigenvalue weighted by Crippen LogP contribution is -2.53. The molecule has 4 spiro atoms. The summed E-state index contributed by atoms with van der Waals surface area (Å²) in [5.41, 5.74) is -0.291. The fourth-order valence-corrected chi connectivity index (χ4v) is 13.4. The van der Waals surface area contributed by atoms with Gasteiger partial charge in [-0.25, -0.2) is 0 Å². The first-order valence-electron chi connectivity index (χ1n) is 27.6. The van der Waals surface area contributed by atoms with Crippen LogP contribution in [0, 0.1) is 0 Å². The Kier molecular flexibility index (Phi) is 19.8. The number of aliphatic hydroxyl groups is 1. The zero-order valence-corrected chi connectivity index (χ0v) is 42.4. The van der Waals surface area contributed by atoms with Gasteiger partial charge in [0.2, 0.25) is 0 Å². The molecule has 2 unspecified atom stereocenters. The van der Waals surface area contributed by atoms with E-state index in [1.54, 1.807) is 0 Å². The first-order chi connectivity index (χ1) is 31.6. The molecule has 4 saturated carbocycles. The van der Waals surface area contributed by atoms with E-state index in [1.807, 2.05) is 0 Å². The Balaban J connectivity index is 0.000000140. The Morgan fingerprint density at radius 1 is 0.446 bits per heavy atom. The largest absolute Gasteiger partial charge is 0.396 e. The number of ether oxygens (including phenoxy) is 9. The minimum Gasteiger partial charge on any atom is -0.396 e. The Bertz CT molecular complexity index is 1250. The SMILES string of the molecule is C1CCOC1.CCC[C@H]1CC[C@@H]2O[C@@H]3C[C@]2(C[C@H]2OC4(CCCCC4)OC32)O1.CCN(CC)CC.CCN(CC)CC.OCC[C@H]1CC[C@@H]2O[C@@H]3C[C@]2(C[C@H]2OC4(CCCCC4)OC32)O1. The lowest BCUT2D eigenvalue weighted by molar-refractivity contribution is -0.216. The van der Waals surface area contributed by atoms with Gasteiger partial charge in [-0.2, -0.15) is 0 Å². The quantitative estimate of drug-likeness (QED) is 0.226. The minimum atomic E-state index is -0.341. The van der Waals surface area contributed by atoms with Crippen molar-refractivity contribution in [2.75, 3.05) is 59.1 Å². The second-order valence-corrected chi connectivity index (χ2v) is 21.2. The normalized spacial score (nSPS) is 40.0. The van der Waals surface area contributed by atoms with Crippen molar-refractivity contribution < 1.29 is 47.7 Å². The predicted molar refractivity (Wildman–Crippen MR) is 254 cm³/mol. The molecule has 11 aliphatic rings. The smallest absolute Gasteiger partial charge is 0.169 e. The summed E-state index contributed by atoms with van der Waals surface area (Å²) < 4.78 is 56.8. The average molecular weight is 921 g/mol. The molecule has 11 fully saturated rings. The lowest BCUT2D eigenvalue weighted by Gasteiger charge is -2.44. The van der Waals surface area contributed by atoms with Gasteiger partial charge in [-0.1, -0.05) is 67.7 Å². The van der Waals surface area contributed by atoms with E-state index < -0.39 is 0 Å². The highest BCUT2D eigenvalue weighted by atomic mass is 16.8. The van der Waals surface area contributed by atoms with Crippen molar-refractivity contribution in [1.29, 1.82) is 0 Å². The molecule has 0 radical (unpaired) electrons. The van der Waals surface area contributed by atoms with E-state index >= 15 is 0 Å². The van der Waals surface area contributed by atoms with Crippen LogP contribution in [0.25, 0.3) is 0 Å². The minimum absolute atomic E-state index is 0.0872. The third-order valence-corrected chi connectivity index (χ3v) is 17.0. The zero-order chi connectivity index (χ0) is 45.9. The van der Waals surface area contributed by atoms with Crippen LogP contribution in [-0.2, 0) is 42.6 Å². The highest BCUT2D eigenvalue weighted by Crippen LogP contribution is 2.57. The van der Waals surface area contributed by atoms with E-state index in [4.69, 9.17) is 42.6 Å². The third kappa shape index (κ3) is 12.5. The molecule has 0 aromatic rings. The van der Waals surface area contributed by atoms with Crippen LogP contribution in [0.4, 0.5) is 0 Å². The van der Waals surface area contributed by atoms with Gasteiger partial charge >= 0.3 is 0 Å². The summed E-state index contributed by atoms with van der Waals surface area (Å²) in [6.45, 7) is 24.7. The van der Waals surface area contributed by atoms with Gasteiger partial charge in [0.25, 0.3) is 0 Å². The Hall–Kier alpha value is -0.480. The second kappa shape index (κ2) is 24.6. The Morgan fingerprint density at radius 2 is 0.846 bits per heavy atom. The molecule has 0 amide bonds. The monoisotopic (exact) mass is 921 g/mol. The Morgan fingerprint density at radius 3 is 1.18 bits per heavy atom. The average Bonchev–Trinajstić information content (AvgIpc) is 4.17. The van der Waals surface area contributed by atoms with E-state index in [1.165, 1.54) is 103 Å². The number of hydrogen-bond acceptors (Lipinski definition) is 12. The fraction of sp³-hybridized carbons (Fsp3) is 1.00. The van der Waals surface area contributed by atoms with Crippen LogP contribution >= 0.6 is 0 Å². The van der Waals surface area contributed by atoms with Crippen LogP contribution in [0.3, 0.4) is 0 Å². The molecule has 0 aromatic heterocycles. The first kappa shape index (κ1) is 52.3. The van der Waals surface area contributed by atoms with Gasteiger partial charge in [-0.05, 0) is 116 Å². The van der Waals surface area contributed by atoms with Crippen LogP contribution < -0.4 is 0 Å². The summed E-state index contributed by atoms with van der Waals surface area (Å²) in [6.07, 6.45) is 27.3. The van der Waals surface area contributed by atoms with Crippen molar-refractivity contribution in [2.45, 2.75) is 280 Å². The van der Waals surface area contributed by atoms with E-state index in [-0.39, 0.29) is 84.3 Å². The van der Waals surface area contributed by atoms with Crippen molar-refractivity contribution in [3.63, 3.8) is 0 Å². The molecule has 12 nitrogen and oxygen atoms in total. The van der Waals surface area contributed by atoms with Crippen molar-refractivity contribution in [3.8, 4) is 0 Å². The maximum absolute atomic E-state index is 9.24. The zero-order valence-electron chi connectivity index (χ0n) is 42.4. The van der Waals surface area contributed by atoms with Crippen molar-refractivity contribution >= 4 is 0 Å². The van der Waals surface area contributed by atoms with E-state index in [0.29, 0.717) is 6.10 Å². The molecule has 0 aromatic carbocycles. The number of nitrogens with zero attached hydrogens (tertiary/aromatic N) is 2. The molecule has 11 rings (SSSR count). The lowest BCUT2D eigenvalue weighted by atomic mass is 9.76. The number of rotatable bonds is 10. The molecular formula is C53H96N2O10. The maximum atomic E-state index is 9.24. The van der Waals surface area contributed by atoms with Crippen LogP contribution in [0.2, 0.25) is 0 Å². The van der Waals surface area contributed by atoms with Gasteiger partial charge in [0.15, 0.2) is 11.6 Å². The van der Waals surface area contributed by atoms with Crippen LogP contribution in [0.15, 0.2) is 0 Å². The van der Waals surface area contributed by atoms with E-state index in [9.17, 15) is 5.11 Å². The van der Waals surface area contributed by atoms with Gasteiger partial charge in [0.1, 0.15) is 12.2 Å². The van der Waals surface area contributed by atoms with Crippen molar-refractivity contribution in [2.24, 2.45) is 0 Å². The number of aliphatic hydroxyl groups excluding tert-OH is 1. The molecule has 7 heterocycles. The third-order valence-electron chi connectivity index (χ3n) is 17.0. The topological polar surface area (TPSA) is 110 Å². The van der Waals surface area contributed by atoms with Gasteiger partial charge in [0, 0.05) is 71.2 Å². The van der Waals surface area contributed by atoms with Crippen molar-refractivity contribution in [3.05, 3.63) is 0 Å². The summed E-state index contributed by atoms with van der Waals surface area (Å²) in [6, 6.07) is 0. The molecule has 4 bridgehead atoms. The van der Waals surface area contributed by atoms with Crippen LogP contribution in [-0.4, -0.2) is 158 Å². The summed E-state index contributed by atoms with van der Waals surface area (Å²) in [7, 11) is 0. The summed E-state index contributed by atoms with van der Waals surface area (Å²) in [4.78, 5) is 4.75. The van der Waals surface area contributed by atoms with E-state index in [2.05, 4.69) is 58.3 Å². The van der Waals surface area contributed by atoms with Gasteiger partial charge in [-0.3, -0.25) is 0 Å². The van der Waals surface area contributed by atoms with Crippen LogP contribution in [0.1, 0.15) is 196 Å². The molecular weight excluding hydrogens is 825 g/mol. The van der Waals surface area contributed by atoms with Gasteiger partial charge in [0.05, 0.1) is 60.0 Å². The molecule has 378 valence electrons. The molecule has 12 heteroatoms. The predicted octanol–water partition coefficient (Wildman–Crippen LogP) is 9.50. The molecule has 12 atom stereocenters. The summed E-state index contributed by atoms with van der Waals surface area (Å²) >= 11 is 0. The number of hydrogen-bond donors (Lipinski definition) is 1. The summed E-state index contributed by atoms with van der Waals surface area (Å²) in [5.74, 6) is -0.641. The van der Waals surface area contributed by atoms with Crippen molar-refractivity contribution in [1.82, 2.24) is 9.80 Å². The highest BCUT2D eigenvalue weighted by molar-refractivity contribution is 5.13. The molecule has 4 aliphatic carbocycles. The molecule has 7 saturated heterocycles. The Labute approximate surface area is 395 Å². The van der Waals surface area contributed by atoms with Gasteiger partial charge < -0.3 is 57.5 Å². The van der Waals surface area contributed by atoms with Crippen LogP contribution in [0.5, 0.6) is 0 Å². The standard InChI is InChI=1S/C19H30O4.C18H28O5.2C6H15N.C4H8O/c1-2-6-13-7-8-16-18(21-13)11-14(20-16)17-15(12-18)22-19(23-17)9-4-3-5-10-19;19-9-6-12-4-5-15-17(21-12)10-13(20-15)16-14(11-17)22-18(23-16)7-2-1-3-8-18;2*1-4-7(5-2)6-3;1-2-4-5-3-1/h13-17H,2-12H2,1H3;12-16,19H,1-11H2;2*4-6H2,1-3H3;1-4H2/t13-,14+,15+,16-,17?,18+;12-,13-,14-,15+,16?,17-;;;/m01.../s1. The first-order valence-corrected chi connectivity index (χ1v) is 27.6. The van der Waals surface area contributed by atoms with E-state index in [0.717, 1.165) is 96.7 Å². The maximum Gasteiger partial charge on any atom is 0.169 e.